The van der Waals surface area contributed by atoms with E-state index in [0.29, 0.717) is 34.8 Å². The molecule has 0 amide bonds. The van der Waals surface area contributed by atoms with Gasteiger partial charge in [0.15, 0.2) is 0 Å². The molecule has 2 N–H and O–H groups in total. The summed E-state index contributed by atoms with van der Waals surface area (Å²) >= 11 is 0. The minimum Gasteiger partial charge on any atom is -0.494 e. The zero-order valence-corrected chi connectivity index (χ0v) is 17.5. The van der Waals surface area contributed by atoms with Crippen LogP contribution in [-0.4, -0.2) is 50.4 Å². The molecular weight excluding hydrogens is 398 g/mol. The van der Waals surface area contributed by atoms with Crippen molar-refractivity contribution in [2.75, 3.05) is 26.6 Å². The largest absolute Gasteiger partial charge is 0.494 e. The first-order chi connectivity index (χ1) is 15.0. The van der Waals surface area contributed by atoms with Crippen LogP contribution in [0.1, 0.15) is 18.5 Å². The lowest BCUT2D eigenvalue weighted by Crippen LogP contribution is -2.28. The summed E-state index contributed by atoms with van der Waals surface area (Å²) in [4.78, 5) is 21.5. The first kappa shape index (κ1) is 20.5. The van der Waals surface area contributed by atoms with Crippen LogP contribution in [0.2, 0.25) is 0 Å². The van der Waals surface area contributed by atoms with Gasteiger partial charge in [0.2, 0.25) is 5.95 Å². The second kappa shape index (κ2) is 8.52. The molecule has 3 aromatic heterocycles. The van der Waals surface area contributed by atoms with Crippen molar-refractivity contribution in [1.82, 2.24) is 29.5 Å². The summed E-state index contributed by atoms with van der Waals surface area (Å²) in [5, 5.41) is 9.17. The Morgan fingerprint density at radius 3 is 2.77 bits per heavy atom. The number of nitrogens with zero attached hydrogens (tertiary/aromatic N) is 6. The van der Waals surface area contributed by atoms with Crippen LogP contribution in [0, 0.1) is 0 Å². The maximum atomic E-state index is 12.9. The second-order valence-corrected chi connectivity index (χ2v) is 7.14. The van der Waals surface area contributed by atoms with Crippen molar-refractivity contribution < 1.29 is 9.47 Å². The summed E-state index contributed by atoms with van der Waals surface area (Å²) in [6.07, 6.45) is 3.49. The van der Waals surface area contributed by atoms with Gasteiger partial charge in [-0.1, -0.05) is 23.4 Å². The van der Waals surface area contributed by atoms with Crippen molar-refractivity contribution in [3.63, 3.8) is 0 Å². The van der Waals surface area contributed by atoms with Crippen LogP contribution in [0.4, 0.5) is 5.95 Å². The molecule has 160 valence electrons. The molecule has 1 atom stereocenters. The molecule has 4 rings (SSSR count). The molecule has 0 fully saturated rings. The summed E-state index contributed by atoms with van der Waals surface area (Å²) in [5.41, 5.74) is 8.09. The number of fused-ring (bicyclic) bond motifs is 1. The third-order valence-corrected chi connectivity index (χ3v) is 4.98. The Balaban J connectivity index is 1.69. The van der Waals surface area contributed by atoms with E-state index in [2.05, 4.69) is 20.3 Å². The smallest absolute Gasteiger partial charge is 0.255 e. The molecule has 0 saturated heterocycles. The Morgan fingerprint density at radius 2 is 2.00 bits per heavy atom. The average molecular weight is 421 g/mol. The molecule has 0 aliphatic carbocycles. The molecule has 0 aliphatic heterocycles. The van der Waals surface area contributed by atoms with E-state index in [4.69, 9.17) is 15.2 Å². The van der Waals surface area contributed by atoms with Crippen LogP contribution >= 0.6 is 0 Å². The van der Waals surface area contributed by atoms with Crippen LogP contribution in [0.15, 0.2) is 47.5 Å². The Labute approximate surface area is 178 Å². The summed E-state index contributed by atoms with van der Waals surface area (Å²) in [6, 6.07) is 9.07. The Morgan fingerprint density at radius 1 is 1.16 bits per heavy atom. The number of aromatic nitrogens is 6. The minimum atomic E-state index is -0.0921. The van der Waals surface area contributed by atoms with Crippen molar-refractivity contribution in [2.45, 2.75) is 19.5 Å². The van der Waals surface area contributed by atoms with Crippen LogP contribution < -0.4 is 16.0 Å². The molecular formula is C21H23N7O3. The fourth-order valence-electron chi connectivity index (χ4n) is 3.51. The predicted octanol–water partition coefficient (Wildman–Crippen LogP) is 1.90. The molecule has 4 aromatic rings. The third kappa shape index (κ3) is 3.97. The van der Waals surface area contributed by atoms with E-state index in [9.17, 15) is 4.79 Å². The highest BCUT2D eigenvalue weighted by Crippen LogP contribution is 2.30. The number of ether oxygens (including phenoxy) is 2. The number of benzene rings is 1. The Kier molecular flexibility index (Phi) is 5.63. The fraction of sp³-hybridized carbons (Fsp3) is 0.286. The van der Waals surface area contributed by atoms with Crippen LogP contribution in [0.3, 0.4) is 0 Å². The van der Waals surface area contributed by atoms with Crippen molar-refractivity contribution in [3.05, 3.63) is 58.6 Å². The van der Waals surface area contributed by atoms with E-state index in [-0.39, 0.29) is 24.1 Å². The molecule has 0 aliphatic rings. The number of nitrogen functional groups attached to an aromatic ring is 1. The summed E-state index contributed by atoms with van der Waals surface area (Å²) in [6.45, 7) is 2.65. The fourth-order valence-corrected chi connectivity index (χ4v) is 3.51. The van der Waals surface area contributed by atoms with Gasteiger partial charge < -0.3 is 19.8 Å². The van der Waals surface area contributed by atoms with E-state index in [1.165, 1.54) is 0 Å². The summed E-state index contributed by atoms with van der Waals surface area (Å²) < 4.78 is 13.8. The van der Waals surface area contributed by atoms with Gasteiger partial charge in [-0.2, -0.15) is 0 Å². The van der Waals surface area contributed by atoms with Gasteiger partial charge in [0, 0.05) is 24.3 Å². The topological polar surface area (TPSA) is 123 Å². The van der Waals surface area contributed by atoms with Gasteiger partial charge in [-0.05, 0) is 19.1 Å². The summed E-state index contributed by atoms with van der Waals surface area (Å²) in [5.74, 6) is 0.704. The molecule has 0 saturated carbocycles. The van der Waals surface area contributed by atoms with Crippen LogP contribution in [0.25, 0.3) is 22.3 Å². The molecule has 0 radical (unpaired) electrons. The molecule has 10 nitrogen and oxygen atoms in total. The highest BCUT2D eigenvalue weighted by Gasteiger charge is 2.16. The third-order valence-electron chi connectivity index (χ3n) is 4.98. The zero-order valence-electron chi connectivity index (χ0n) is 17.5. The lowest BCUT2D eigenvalue weighted by molar-refractivity contribution is 0.160. The van der Waals surface area contributed by atoms with Crippen LogP contribution in [-0.2, 0) is 11.3 Å². The number of rotatable bonds is 7. The molecule has 3 heterocycles. The van der Waals surface area contributed by atoms with Crippen molar-refractivity contribution in [3.8, 4) is 17.1 Å². The number of methoxy groups -OCH3 is 2. The average Bonchev–Trinajstić information content (AvgIpc) is 3.22. The van der Waals surface area contributed by atoms with E-state index in [1.54, 1.807) is 48.0 Å². The lowest BCUT2D eigenvalue weighted by Gasteiger charge is -2.15. The monoisotopic (exact) mass is 421 g/mol. The van der Waals surface area contributed by atoms with Crippen molar-refractivity contribution >= 4 is 16.9 Å². The number of hydrogen-bond donors (Lipinski definition) is 1. The number of pyridine rings is 1. The molecule has 0 unspecified atom stereocenters. The SMILES string of the molecule is COC[C@@H](C)n1cccc(Cn2cc(-c3nc(N)nc4c(OC)cccc34)nn2)c1=O. The second-order valence-electron chi connectivity index (χ2n) is 7.14. The minimum absolute atomic E-state index is 0.0749. The van der Waals surface area contributed by atoms with Gasteiger partial charge in [-0.25, -0.2) is 14.6 Å². The number of hydrogen-bond acceptors (Lipinski definition) is 8. The van der Waals surface area contributed by atoms with Crippen molar-refractivity contribution in [2.24, 2.45) is 0 Å². The van der Waals surface area contributed by atoms with Gasteiger partial charge in [-0.3, -0.25) is 4.79 Å². The number of para-hydroxylation sites is 1. The van der Waals surface area contributed by atoms with E-state index < -0.39 is 0 Å². The van der Waals surface area contributed by atoms with Gasteiger partial charge >= 0.3 is 0 Å². The predicted molar refractivity (Wildman–Crippen MR) is 116 cm³/mol. The van der Waals surface area contributed by atoms with Gasteiger partial charge in [0.05, 0.1) is 32.5 Å². The molecule has 0 bridgehead atoms. The summed E-state index contributed by atoms with van der Waals surface area (Å²) in [7, 11) is 3.19. The molecule has 31 heavy (non-hydrogen) atoms. The number of anilines is 1. The van der Waals surface area contributed by atoms with Gasteiger partial charge in [0.25, 0.3) is 5.56 Å². The highest BCUT2D eigenvalue weighted by atomic mass is 16.5. The highest BCUT2D eigenvalue weighted by molar-refractivity contribution is 5.95. The maximum absolute atomic E-state index is 12.9. The van der Waals surface area contributed by atoms with Crippen molar-refractivity contribution in [1.29, 1.82) is 0 Å². The van der Waals surface area contributed by atoms with E-state index in [1.807, 2.05) is 25.1 Å². The first-order valence-electron chi connectivity index (χ1n) is 9.71. The first-order valence-corrected chi connectivity index (χ1v) is 9.71. The Hall–Kier alpha value is -3.79. The maximum Gasteiger partial charge on any atom is 0.255 e. The van der Waals surface area contributed by atoms with E-state index in [0.717, 1.165) is 5.39 Å². The van der Waals surface area contributed by atoms with Gasteiger partial charge in [0.1, 0.15) is 22.7 Å². The number of nitrogens with two attached hydrogens (primary N) is 1. The van der Waals surface area contributed by atoms with Crippen LogP contribution in [0.5, 0.6) is 5.75 Å². The normalized spacial score (nSPS) is 12.2. The van der Waals surface area contributed by atoms with Gasteiger partial charge in [-0.15, -0.1) is 5.10 Å². The molecule has 1 aromatic carbocycles. The Bertz CT molecular complexity index is 1280. The molecule has 10 heteroatoms. The zero-order chi connectivity index (χ0) is 22.0. The van der Waals surface area contributed by atoms with E-state index >= 15 is 0 Å². The standard InChI is InChI=1S/C21H23N7O3/c1-13(12-30-2)28-9-5-6-14(20(28)29)10-27-11-16(25-26-27)18-15-7-4-8-17(31-3)19(15)24-21(22)23-18/h4-9,11,13H,10,12H2,1-3H3,(H2,22,23,24)/t13-/m1/s1. The lowest BCUT2D eigenvalue weighted by atomic mass is 10.1. The quantitative estimate of drug-likeness (QED) is 0.480. The molecule has 0 spiro atoms.